The lowest BCUT2D eigenvalue weighted by atomic mass is 9.92. The summed E-state index contributed by atoms with van der Waals surface area (Å²) >= 11 is 0. The first-order chi connectivity index (χ1) is 8.87. The van der Waals surface area contributed by atoms with Gasteiger partial charge in [-0.1, -0.05) is 0 Å². The summed E-state index contributed by atoms with van der Waals surface area (Å²) in [5.74, 6) is 0.00852. The predicted octanol–water partition coefficient (Wildman–Crippen LogP) is 2.24. The van der Waals surface area contributed by atoms with E-state index in [4.69, 9.17) is 9.15 Å². The second-order valence-corrected chi connectivity index (χ2v) is 5.23. The quantitative estimate of drug-likeness (QED) is 0.735. The molecule has 0 saturated heterocycles. The molecule has 0 spiro atoms. The lowest BCUT2D eigenvalue weighted by Crippen LogP contribution is -2.36. The molecule has 1 aliphatic rings. The average Bonchev–Trinajstić information content (AvgIpc) is 2.25. The fourth-order valence-corrected chi connectivity index (χ4v) is 2.34. The zero-order valence-electron chi connectivity index (χ0n) is 10.5. The Morgan fingerprint density at radius 3 is 2.74 bits per heavy atom. The van der Waals surface area contributed by atoms with Crippen molar-refractivity contribution >= 4 is 16.8 Å². The molecule has 1 aromatic carbocycles. The number of rotatable bonds is 0. The maximum absolute atomic E-state index is 12.2. The van der Waals surface area contributed by atoms with Crippen molar-refractivity contribution in [3.63, 3.8) is 0 Å². The highest BCUT2D eigenvalue weighted by Crippen LogP contribution is 2.40. The smallest absolute Gasteiger partial charge is 0.336 e. The van der Waals surface area contributed by atoms with Crippen LogP contribution in [0.5, 0.6) is 11.5 Å². The van der Waals surface area contributed by atoms with E-state index in [0.29, 0.717) is 5.39 Å². The van der Waals surface area contributed by atoms with Crippen LogP contribution in [-0.4, -0.2) is 16.5 Å². The van der Waals surface area contributed by atoms with Crippen molar-refractivity contribution in [2.24, 2.45) is 0 Å². The molecule has 98 valence electrons. The van der Waals surface area contributed by atoms with Crippen molar-refractivity contribution in [1.82, 2.24) is 0 Å². The summed E-state index contributed by atoms with van der Waals surface area (Å²) in [5.41, 5.74) is -0.898. The van der Waals surface area contributed by atoms with E-state index in [1.165, 1.54) is 18.2 Å². The molecule has 2 heterocycles. The highest BCUT2D eigenvalue weighted by molar-refractivity contribution is 6.10. The molecule has 0 saturated carbocycles. The summed E-state index contributed by atoms with van der Waals surface area (Å²) in [4.78, 5) is 23.5. The van der Waals surface area contributed by atoms with E-state index >= 15 is 0 Å². The third-order valence-corrected chi connectivity index (χ3v) is 3.10. The molecule has 2 aromatic rings. The van der Waals surface area contributed by atoms with Crippen LogP contribution in [0.2, 0.25) is 0 Å². The number of phenolic OH excluding ortho intramolecular Hbond substituents is 1. The molecule has 0 aliphatic carbocycles. The minimum atomic E-state index is -0.640. The minimum absolute atomic E-state index is 0.0806. The maximum Gasteiger partial charge on any atom is 0.336 e. The molecule has 0 unspecified atom stereocenters. The van der Waals surface area contributed by atoms with Crippen molar-refractivity contribution in [3.05, 3.63) is 34.2 Å². The lowest BCUT2D eigenvalue weighted by Gasteiger charge is -2.31. The Morgan fingerprint density at radius 2 is 2.00 bits per heavy atom. The van der Waals surface area contributed by atoms with Crippen molar-refractivity contribution in [2.45, 2.75) is 25.9 Å². The SMILES string of the molecule is CC1(C)CC(=O)c2c(cc(O)c3ccc(=O)oc23)O1. The van der Waals surface area contributed by atoms with Gasteiger partial charge in [0.25, 0.3) is 0 Å². The second-order valence-electron chi connectivity index (χ2n) is 5.23. The Bertz CT molecular complexity index is 754. The monoisotopic (exact) mass is 260 g/mol. The molecule has 5 nitrogen and oxygen atoms in total. The molecular formula is C14H12O5. The number of ketones is 1. The van der Waals surface area contributed by atoms with Gasteiger partial charge in [0.2, 0.25) is 0 Å². The fourth-order valence-electron chi connectivity index (χ4n) is 2.34. The predicted molar refractivity (Wildman–Crippen MR) is 67.8 cm³/mol. The Kier molecular flexibility index (Phi) is 2.23. The first-order valence-electron chi connectivity index (χ1n) is 5.89. The van der Waals surface area contributed by atoms with Gasteiger partial charge in [-0.25, -0.2) is 4.79 Å². The summed E-state index contributed by atoms with van der Waals surface area (Å²) in [6.07, 6.45) is 0.193. The van der Waals surface area contributed by atoms with Crippen LogP contribution in [0.15, 0.2) is 27.4 Å². The molecule has 3 rings (SSSR count). The molecule has 0 fully saturated rings. The van der Waals surface area contributed by atoms with Gasteiger partial charge in [-0.05, 0) is 19.9 Å². The third kappa shape index (κ3) is 1.78. The molecule has 0 radical (unpaired) electrons. The lowest BCUT2D eigenvalue weighted by molar-refractivity contribution is 0.0620. The fraction of sp³-hybridized carbons (Fsp3) is 0.286. The van der Waals surface area contributed by atoms with Crippen molar-refractivity contribution in [2.75, 3.05) is 0 Å². The minimum Gasteiger partial charge on any atom is -0.507 e. The van der Waals surface area contributed by atoms with Gasteiger partial charge >= 0.3 is 5.63 Å². The number of fused-ring (bicyclic) bond motifs is 3. The van der Waals surface area contributed by atoms with Crippen LogP contribution in [0.3, 0.4) is 0 Å². The number of hydrogen-bond acceptors (Lipinski definition) is 5. The maximum atomic E-state index is 12.2. The zero-order valence-corrected chi connectivity index (χ0v) is 10.5. The normalized spacial score (nSPS) is 17.1. The second kappa shape index (κ2) is 3.60. The van der Waals surface area contributed by atoms with E-state index in [2.05, 4.69) is 0 Å². The highest BCUT2D eigenvalue weighted by atomic mass is 16.5. The molecule has 0 bridgehead atoms. The largest absolute Gasteiger partial charge is 0.507 e. The molecule has 1 aromatic heterocycles. The van der Waals surface area contributed by atoms with E-state index in [9.17, 15) is 14.7 Å². The number of carbonyl (C=O) groups is 1. The van der Waals surface area contributed by atoms with Gasteiger partial charge in [-0.2, -0.15) is 0 Å². The highest BCUT2D eigenvalue weighted by Gasteiger charge is 2.35. The number of phenols is 1. The van der Waals surface area contributed by atoms with Crippen LogP contribution in [0.1, 0.15) is 30.6 Å². The van der Waals surface area contributed by atoms with Crippen LogP contribution in [0.25, 0.3) is 11.0 Å². The van der Waals surface area contributed by atoms with Gasteiger partial charge in [0.15, 0.2) is 11.4 Å². The number of aromatic hydroxyl groups is 1. The van der Waals surface area contributed by atoms with Gasteiger partial charge in [0.1, 0.15) is 22.7 Å². The Labute approximate surface area is 108 Å². The van der Waals surface area contributed by atoms with Crippen LogP contribution in [0.4, 0.5) is 0 Å². The van der Waals surface area contributed by atoms with Gasteiger partial charge in [0.05, 0.1) is 11.8 Å². The van der Waals surface area contributed by atoms with Gasteiger partial charge < -0.3 is 14.3 Å². The van der Waals surface area contributed by atoms with E-state index < -0.39 is 11.2 Å². The topological polar surface area (TPSA) is 76.7 Å². The standard InChI is InChI=1S/C14H12O5/c1-14(2)6-9(16)12-10(19-14)5-8(15)7-3-4-11(17)18-13(7)12/h3-5,15H,6H2,1-2H3. The van der Waals surface area contributed by atoms with Crippen molar-refractivity contribution in [3.8, 4) is 11.5 Å². The number of Topliss-reactive ketones (excluding diaryl/α,β-unsaturated/α-hetero) is 1. The molecule has 19 heavy (non-hydrogen) atoms. The van der Waals surface area contributed by atoms with Crippen LogP contribution in [-0.2, 0) is 0 Å². The number of ether oxygens (including phenoxy) is 1. The van der Waals surface area contributed by atoms with Crippen LogP contribution in [0, 0.1) is 0 Å². The van der Waals surface area contributed by atoms with Crippen molar-refractivity contribution < 1.29 is 19.1 Å². The number of benzene rings is 1. The first kappa shape index (κ1) is 11.8. The molecule has 5 heteroatoms. The summed E-state index contributed by atoms with van der Waals surface area (Å²) in [7, 11) is 0. The van der Waals surface area contributed by atoms with Crippen molar-refractivity contribution in [1.29, 1.82) is 0 Å². The summed E-state index contributed by atoms with van der Waals surface area (Å²) in [5, 5.41) is 10.2. The molecule has 0 atom stereocenters. The Balaban J connectivity index is 2.41. The summed E-state index contributed by atoms with van der Waals surface area (Å²) in [6, 6.07) is 4.02. The number of hydrogen-bond donors (Lipinski definition) is 1. The van der Waals surface area contributed by atoms with Crippen LogP contribution < -0.4 is 10.4 Å². The summed E-state index contributed by atoms with van der Waals surface area (Å²) < 4.78 is 10.7. The van der Waals surface area contributed by atoms with E-state index in [0.717, 1.165) is 0 Å². The van der Waals surface area contributed by atoms with E-state index in [1.807, 2.05) is 0 Å². The van der Waals surface area contributed by atoms with E-state index in [-0.39, 0.29) is 34.8 Å². The average molecular weight is 260 g/mol. The first-order valence-corrected chi connectivity index (χ1v) is 5.89. The molecule has 0 amide bonds. The Morgan fingerprint density at radius 1 is 1.26 bits per heavy atom. The molecular weight excluding hydrogens is 248 g/mol. The summed E-state index contributed by atoms with van der Waals surface area (Å²) in [6.45, 7) is 3.58. The van der Waals surface area contributed by atoms with Gasteiger partial charge in [-0.3, -0.25) is 4.79 Å². The zero-order chi connectivity index (χ0) is 13.8. The number of carbonyl (C=O) groups excluding carboxylic acids is 1. The van der Waals surface area contributed by atoms with Gasteiger partial charge in [0, 0.05) is 12.1 Å². The molecule has 1 N–H and O–H groups in total. The van der Waals surface area contributed by atoms with Gasteiger partial charge in [-0.15, -0.1) is 0 Å². The Hall–Kier alpha value is -2.30. The van der Waals surface area contributed by atoms with E-state index in [1.54, 1.807) is 13.8 Å². The van der Waals surface area contributed by atoms with Crippen LogP contribution >= 0.6 is 0 Å². The third-order valence-electron chi connectivity index (χ3n) is 3.10. The molecule has 1 aliphatic heterocycles.